The van der Waals surface area contributed by atoms with Crippen LogP contribution in [0.25, 0.3) is 6.08 Å². The van der Waals surface area contributed by atoms with Crippen LogP contribution in [0.15, 0.2) is 26.5 Å². The van der Waals surface area contributed by atoms with Crippen LogP contribution in [0, 0.1) is 0 Å². The van der Waals surface area contributed by atoms with Gasteiger partial charge < -0.3 is 9.47 Å². The molecule has 0 saturated carbocycles. The maximum atomic E-state index is 12.9. The van der Waals surface area contributed by atoms with E-state index >= 15 is 0 Å². The van der Waals surface area contributed by atoms with E-state index in [2.05, 4.69) is 20.9 Å². The fourth-order valence-corrected chi connectivity index (χ4v) is 4.39. The number of rotatable bonds is 6. The summed E-state index contributed by atoms with van der Waals surface area (Å²) in [6.07, 6.45) is 1.87. The van der Waals surface area contributed by atoms with E-state index in [1.54, 1.807) is 12.0 Å². The molecule has 1 amide bonds. The van der Waals surface area contributed by atoms with Crippen molar-refractivity contribution in [2.75, 3.05) is 13.7 Å². The summed E-state index contributed by atoms with van der Waals surface area (Å²) in [6, 6.07) is 3.98. The van der Waals surface area contributed by atoms with E-state index < -0.39 is 0 Å². The molecule has 0 bridgehead atoms. The monoisotopic (exact) mass is 440 g/mol. The first-order valence-electron chi connectivity index (χ1n) is 8.59. The van der Waals surface area contributed by atoms with Crippen molar-refractivity contribution in [1.82, 2.24) is 4.90 Å². The first-order chi connectivity index (χ1) is 12.3. The molecule has 1 aromatic carbocycles. The third kappa shape index (κ3) is 4.62. The molecule has 0 unspecified atom stereocenters. The fourth-order valence-electron chi connectivity index (χ4n) is 2.54. The number of halogens is 1. The van der Waals surface area contributed by atoms with Gasteiger partial charge in [0.1, 0.15) is 0 Å². The molecule has 1 saturated heterocycles. The van der Waals surface area contributed by atoms with E-state index in [0.29, 0.717) is 23.0 Å². The molecule has 1 fully saturated rings. The Balaban J connectivity index is 2.45. The number of ether oxygens (including phenoxy) is 2. The number of aliphatic imine (C=N–C) groups is 1. The lowest BCUT2D eigenvalue weighted by molar-refractivity contribution is -0.123. The number of hydrogen-bond acceptors (Lipinski definition) is 5. The Morgan fingerprint density at radius 1 is 1.31 bits per heavy atom. The number of nitrogens with zero attached hydrogens (tertiary/aromatic N) is 2. The topological polar surface area (TPSA) is 51.1 Å². The lowest BCUT2D eigenvalue weighted by Crippen LogP contribution is -2.35. The third-order valence-corrected chi connectivity index (χ3v) is 5.14. The second kappa shape index (κ2) is 8.95. The van der Waals surface area contributed by atoms with Gasteiger partial charge in [-0.05, 0) is 86.1 Å². The molecule has 5 nitrogen and oxygen atoms in total. The van der Waals surface area contributed by atoms with E-state index in [4.69, 9.17) is 9.47 Å². The van der Waals surface area contributed by atoms with Crippen LogP contribution in [0.1, 0.15) is 40.2 Å². The van der Waals surface area contributed by atoms with Gasteiger partial charge in [0, 0.05) is 12.1 Å². The second-order valence-corrected chi connectivity index (χ2v) is 8.22. The van der Waals surface area contributed by atoms with Crippen LogP contribution in [0.4, 0.5) is 0 Å². The van der Waals surface area contributed by atoms with Crippen molar-refractivity contribution >= 4 is 44.8 Å². The quantitative estimate of drug-likeness (QED) is 0.587. The van der Waals surface area contributed by atoms with Crippen LogP contribution in [0.2, 0.25) is 0 Å². The third-order valence-electron chi connectivity index (χ3n) is 3.56. The number of benzene rings is 1. The second-order valence-electron chi connectivity index (χ2n) is 6.35. The number of thioether (sulfide) groups is 1. The Bertz CT molecular complexity index is 745. The smallest absolute Gasteiger partial charge is 0.266 e. The molecule has 142 valence electrons. The van der Waals surface area contributed by atoms with Gasteiger partial charge in [-0.25, -0.2) is 0 Å². The lowest BCUT2D eigenvalue weighted by Gasteiger charge is -2.20. The van der Waals surface area contributed by atoms with Crippen LogP contribution in [-0.2, 0) is 4.79 Å². The highest BCUT2D eigenvalue weighted by atomic mass is 79.9. The summed E-state index contributed by atoms with van der Waals surface area (Å²) >= 11 is 4.93. The molecule has 0 radical (unpaired) electrons. The standard InChI is InChI=1S/C19H25BrN2O3S/c1-7-25-15-9-13(8-14(20)17(15)24-6)10-16-18(23)22(12(4)5)19(26-16)21-11(2)3/h8-12H,7H2,1-6H3/b16-10+,21-19?. The average molecular weight is 441 g/mol. The van der Waals surface area contributed by atoms with Crippen molar-refractivity contribution in [1.29, 1.82) is 0 Å². The molecule has 1 heterocycles. The van der Waals surface area contributed by atoms with Gasteiger partial charge in [-0.15, -0.1) is 0 Å². The lowest BCUT2D eigenvalue weighted by atomic mass is 10.1. The molecule has 0 aliphatic carbocycles. The first-order valence-corrected chi connectivity index (χ1v) is 10.2. The summed E-state index contributed by atoms with van der Waals surface area (Å²) in [6.45, 7) is 10.5. The normalized spacial score (nSPS) is 17.9. The minimum atomic E-state index is -0.0192. The highest BCUT2D eigenvalue weighted by molar-refractivity contribution is 9.10. The minimum Gasteiger partial charge on any atom is -0.492 e. The van der Waals surface area contributed by atoms with E-state index in [9.17, 15) is 4.79 Å². The maximum Gasteiger partial charge on any atom is 0.266 e. The molecule has 0 atom stereocenters. The summed E-state index contributed by atoms with van der Waals surface area (Å²) in [5, 5.41) is 0.754. The zero-order chi connectivity index (χ0) is 19.4. The van der Waals surface area contributed by atoms with Crippen LogP contribution in [0.3, 0.4) is 0 Å². The van der Waals surface area contributed by atoms with E-state index in [0.717, 1.165) is 15.2 Å². The summed E-state index contributed by atoms with van der Waals surface area (Å²) in [5.74, 6) is 1.27. The summed E-state index contributed by atoms with van der Waals surface area (Å²) in [7, 11) is 1.60. The summed E-state index contributed by atoms with van der Waals surface area (Å²) in [5.41, 5.74) is 0.867. The van der Waals surface area contributed by atoms with Gasteiger partial charge in [-0.2, -0.15) is 0 Å². The van der Waals surface area contributed by atoms with Crippen molar-refractivity contribution in [3.05, 3.63) is 27.1 Å². The molecule has 1 aliphatic heterocycles. The van der Waals surface area contributed by atoms with E-state index in [1.807, 2.05) is 52.8 Å². The number of carbonyl (C=O) groups excluding carboxylic acids is 1. The predicted octanol–water partition coefficient (Wildman–Crippen LogP) is 4.95. The minimum absolute atomic E-state index is 0.0192. The van der Waals surface area contributed by atoms with Crippen molar-refractivity contribution < 1.29 is 14.3 Å². The maximum absolute atomic E-state index is 12.9. The highest BCUT2D eigenvalue weighted by Gasteiger charge is 2.35. The fraction of sp³-hybridized carbons (Fsp3) is 0.474. The van der Waals surface area contributed by atoms with Crippen LogP contribution in [0.5, 0.6) is 11.5 Å². The number of amidine groups is 1. The molecular weight excluding hydrogens is 416 g/mol. The van der Waals surface area contributed by atoms with Gasteiger partial charge in [0.15, 0.2) is 16.7 Å². The van der Waals surface area contributed by atoms with E-state index in [-0.39, 0.29) is 18.0 Å². The molecule has 1 aromatic rings. The predicted molar refractivity (Wildman–Crippen MR) is 112 cm³/mol. The zero-order valence-corrected chi connectivity index (χ0v) is 18.4. The average Bonchev–Trinajstić information content (AvgIpc) is 2.82. The van der Waals surface area contributed by atoms with Crippen molar-refractivity contribution in [3.8, 4) is 11.5 Å². The van der Waals surface area contributed by atoms with Gasteiger partial charge >= 0.3 is 0 Å². The van der Waals surface area contributed by atoms with Gasteiger partial charge in [0.2, 0.25) is 0 Å². The molecule has 2 rings (SSSR count). The molecular formula is C19H25BrN2O3S. The van der Waals surface area contributed by atoms with Gasteiger partial charge in [-0.3, -0.25) is 14.7 Å². The molecule has 26 heavy (non-hydrogen) atoms. The Morgan fingerprint density at radius 2 is 2.00 bits per heavy atom. The summed E-state index contributed by atoms with van der Waals surface area (Å²) in [4.78, 5) is 19.9. The number of hydrogen-bond donors (Lipinski definition) is 0. The van der Waals surface area contributed by atoms with Gasteiger partial charge in [0.25, 0.3) is 5.91 Å². The Kier molecular flexibility index (Phi) is 7.17. The Morgan fingerprint density at radius 3 is 2.54 bits per heavy atom. The SMILES string of the molecule is CCOc1cc(/C=C2/SC(=NC(C)C)N(C(C)C)C2=O)cc(Br)c1OC. The molecule has 1 aliphatic rings. The summed E-state index contributed by atoms with van der Waals surface area (Å²) < 4.78 is 11.8. The van der Waals surface area contributed by atoms with E-state index in [1.165, 1.54) is 11.8 Å². The largest absolute Gasteiger partial charge is 0.492 e. The molecule has 0 N–H and O–H groups in total. The Hall–Kier alpha value is -1.47. The molecule has 0 aromatic heterocycles. The van der Waals surface area contributed by atoms with Gasteiger partial charge in [-0.1, -0.05) is 0 Å². The first kappa shape index (κ1) is 20.8. The Labute approximate surface area is 168 Å². The number of carbonyl (C=O) groups is 1. The molecule has 0 spiro atoms. The van der Waals surface area contributed by atoms with Gasteiger partial charge in [0.05, 0.1) is 23.1 Å². The van der Waals surface area contributed by atoms with Crippen molar-refractivity contribution in [2.45, 2.75) is 46.7 Å². The number of amides is 1. The number of methoxy groups -OCH3 is 1. The highest BCUT2D eigenvalue weighted by Crippen LogP contribution is 2.39. The zero-order valence-electron chi connectivity index (χ0n) is 16.0. The van der Waals surface area contributed by atoms with Crippen LogP contribution in [-0.4, -0.2) is 41.8 Å². The molecule has 7 heteroatoms. The van der Waals surface area contributed by atoms with Crippen molar-refractivity contribution in [2.24, 2.45) is 4.99 Å². The van der Waals surface area contributed by atoms with Crippen molar-refractivity contribution in [3.63, 3.8) is 0 Å². The van der Waals surface area contributed by atoms with Crippen LogP contribution >= 0.6 is 27.7 Å². The van der Waals surface area contributed by atoms with Crippen LogP contribution < -0.4 is 9.47 Å².